The Hall–Kier alpha value is -0.545. The third kappa shape index (κ3) is 2.50. The van der Waals surface area contributed by atoms with Gasteiger partial charge in [0.2, 0.25) is 5.91 Å². The normalized spacial score (nSPS) is 19.3. The van der Waals surface area contributed by atoms with E-state index in [1.807, 2.05) is 4.90 Å². The molecular formula is C7H14BN2O2. The van der Waals surface area contributed by atoms with Crippen molar-refractivity contribution < 1.29 is 9.82 Å². The van der Waals surface area contributed by atoms with Crippen LogP contribution in [0.5, 0.6) is 0 Å². The van der Waals surface area contributed by atoms with E-state index >= 15 is 0 Å². The van der Waals surface area contributed by atoms with Gasteiger partial charge in [-0.15, -0.1) is 0 Å². The van der Waals surface area contributed by atoms with Crippen molar-refractivity contribution in [1.29, 1.82) is 0 Å². The lowest BCUT2D eigenvalue weighted by molar-refractivity contribution is -0.129. The van der Waals surface area contributed by atoms with Gasteiger partial charge in [0.1, 0.15) is 0 Å². The first-order chi connectivity index (χ1) is 5.74. The Labute approximate surface area is 73.2 Å². The predicted molar refractivity (Wildman–Crippen MR) is 46.4 cm³/mol. The molecular weight excluding hydrogens is 155 g/mol. The van der Waals surface area contributed by atoms with Crippen LogP contribution >= 0.6 is 0 Å². The molecule has 1 radical (unpaired) electrons. The molecule has 0 unspecified atom stereocenters. The standard InChI is InChI=1S/C7H14BN2O2/c1-6(11)10-4-2-7(3-5-10)9-8-12/h7,9,12H,2-5H2,1H3. The van der Waals surface area contributed by atoms with Crippen molar-refractivity contribution in [2.75, 3.05) is 13.1 Å². The molecule has 0 atom stereocenters. The van der Waals surface area contributed by atoms with Gasteiger partial charge in [0, 0.05) is 26.1 Å². The van der Waals surface area contributed by atoms with Crippen molar-refractivity contribution in [3.05, 3.63) is 0 Å². The zero-order valence-corrected chi connectivity index (χ0v) is 7.29. The van der Waals surface area contributed by atoms with E-state index in [1.165, 1.54) is 0 Å². The summed E-state index contributed by atoms with van der Waals surface area (Å²) in [4.78, 5) is 12.7. The van der Waals surface area contributed by atoms with Crippen LogP contribution < -0.4 is 5.23 Å². The van der Waals surface area contributed by atoms with Crippen LogP contribution in [0.15, 0.2) is 0 Å². The molecule has 0 aromatic carbocycles. The largest absolute Gasteiger partial charge is 0.440 e. The number of carbonyl (C=O) groups is 1. The quantitative estimate of drug-likeness (QED) is 0.527. The summed E-state index contributed by atoms with van der Waals surface area (Å²) in [7, 11) is 0.980. The molecule has 0 aromatic rings. The summed E-state index contributed by atoms with van der Waals surface area (Å²) < 4.78 is 0. The van der Waals surface area contributed by atoms with E-state index in [0.29, 0.717) is 6.04 Å². The van der Waals surface area contributed by atoms with E-state index in [1.54, 1.807) is 6.92 Å². The number of likely N-dealkylation sites (tertiary alicyclic amines) is 1. The zero-order valence-electron chi connectivity index (χ0n) is 7.29. The minimum absolute atomic E-state index is 0.140. The Morgan fingerprint density at radius 2 is 2.17 bits per heavy atom. The molecule has 2 N–H and O–H groups in total. The van der Waals surface area contributed by atoms with Gasteiger partial charge in [0.05, 0.1) is 0 Å². The number of rotatable bonds is 2. The third-order valence-electron chi connectivity index (χ3n) is 2.25. The van der Waals surface area contributed by atoms with Gasteiger partial charge in [0.15, 0.2) is 0 Å². The van der Waals surface area contributed by atoms with E-state index in [9.17, 15) is 4.79 Å². The van der Waals surface area contributed by atoms with E-state index in [-0.39, 0.29) is 5.91 Å². The predicted octanol–water partition coefficient (Wildman–Crippen LogP) is -0.887. The Balaban J connectivity index is 2.25. The number of nitrogens with zero attached hydrogens (tertiary/aromatic N) is 1. The van der Waals surface area contributed by atoms with Crippen LogP contribution in [0.2, 0.25) is 0 Å². The Bertz CT molecular complexity index is 157. The first-order valence-electron chi connectivity index (χ1n) is 4.21. The van der Waals surface area contributed by atoms with Crippen molar-refractivity contribution in [1.82, 2.24) is 10.1 Å². The molecule has 12 heavy (non-hydrogen) atoms. The molecule has 1 amide bonds. The van der Waals surface area contributed by atoms with E-state index in [0.717, 1.165) is 33.5 Å². The molecule has 1 saturated heterocycles. The summed E-state index contributed by atoms with van der Waals surface area (Å²) in [6, 6.07) is 0.325. The lowest BCUT2D eigenvalue weighted by atomic mass is 10.0. The summed E-state index contributed by atoms with van der Waals surface area (Å²) >= 11 is 0. The SMILES string of the molecule is CC(=O)N1CCC(N[B]O)CC1. The van der Waals surface area contributed by atoms with Gasteiger partial charge in [-0.05, 0) is 12.8 Å². The van der Waals surface area contributed by atoms with Crippen molar-refractivity contribution >= 4 is 13.5 Å². The fourth-order valence-corrected chi connectivity index (χ4v) is 1.47. The first-order valence-corrected chi connectivity index (χ1v) is 4.21. The number of piperidine rings is 1. The second kappa shape index (κ2) is 4.47. The smallest absolute Gasteiger partial charge is 0.393 e. The summed E-state index contributed by atoms with van der Waals surface area (Å²) in [6.45, 7) is 3.17. The lowest BCUT2D eigenvalue weighted by Crippen LogP contribution is -2.45. The van der Waals surface area contributed by atoms with Crippen molar-refractivity contribution in [3.8, 4) is 0 Å². The van der Waals surface area contributed by atoms with Crippen LogP contribution in [0.1, 0.15) is 19.8 Å². The molecule has 0 aromatic heterocycles. The van der Waals surface area contributed by atoms with Crippen molar-refractivity contribution in [3.63, 3.8) is 0 Å². The molecule has 0 spiro atoms. The summed E-state index contributed by atoms with van der Waals surface area (Å²) in [5, 5.41) is 11.3. The third-order valence-corrected chi connectivity index (χ3v) is 2.25. The highest BCUT2D eigenvalue weighted by Crippen LogP contribution is 2.09. The molecule has 5 heteroatoms. The molecule has 0 saturated carbocycles. The van der Waals surface area contributed by atoms with Crippen molar-refractivity contribution in [2.45, 2.75) is 25.8 Å². The average molecular weight is 169 g/mol. The fraction of sp³-hybridized carbons (Fsp3) is 0.857. The molecule has 4 nitrogen and oxygen atoms in total. The summed E-state index contributed by atoms with van der Waals surface area (Å²) in [5.41, 5.74) is 0. The average Bonchev–Trinajstić information content (AvgIpc) is 2.06. The van der Waals surface area contributed by atoms with Gasteiger partial charge in [-0.25, -0.2) is 0 Å². The number of nitrogens with one attached hydrogen (secondary N) is 1. The van der Waals surface area contributed by atoms with E-state index < -0.39 is 0 Å². The molecule has 1 rings (SSSR count). The van der Waals surface area contributed by atoms with Crippen molar-refractivity contribution in [2.24, 2.45) is 0 Å². The van der Waals surface area contributed by atoms with Gasteiger partial charge in [-0.1, -0.05) is 0 Å². The van der Waals surface area contributed by atoms with Gasteiger partial charge in [0.25, 0.3) is 0 Å². The molecule has 67 valence electrons. The highest BCUT2D eigenvalue weighted by molar-refractivity contribution is 6.21. The van der Waals surface area contributed by atoms with E-state index in [2.05, 4.69) is 5.23 Å². The number of carbonyl (C=O) groups excluding carboxylic acids is 1. The molecule has 0 bridgehead atoms. The minimum Gasteiger partial charge on any atom is -0.440 e. The number of amides is 1. The van der Waals surface area contributed by atoms with Crippen LogP contribution in [0.3, 0.4) is 0 Å². The molecule has 1 fully saturated rings. The lowest BCUT2D eigenvalue weighted by Gasteiger charge is -2.31. The first kappa shape index (κ1) is 9.54. The number of hydrogen-bond donors (Lipinski definition) is 2. The maximum absolute atomic E-state index is 10.9. The highest BCUT2D eigenvalue weighted by Gasteiger charge is 2.19. The second-order valence-electron chi connectivity index (χ2n) is 3.08. The molecule has 1 aliphatic rings. The molecule has 0 aliphatic carbocycles. The van der Waals surface area contributed by atoms with Gasteiger partial charge >= 0.3 is 7.62 Å². The Morgan fingerprint density at radius 3 is 2.58 bits per heavy atom. The summed E-state index contributed by atoms with van der Waals surface area (Å²) in [5.74, 6) is 0.140. The topological polar surface area (TPSA) is 52.6 Å². The monoisotopic (exact) mass is 169 g/mol. The highest BCUT2D eigenvalue weighted by atomic mass is 16.2. The fourth-order valence-electron chi connectivity index (χ4n) is 1.47. The minimum atomic E-state index is 0.140. The molecule has 1 heterocycles. The maximum atomic E-state index is 10.9. The van der Waals surface area contributed by atoms with Gasteiger partial charge in [-0.2, -0.15) is 0 Å². The maximum Gasteiger partial charge on any atom is 0.393 e. The van der Waals surface area contributed by atoms with Crippen LogP contribution in [0, 0.1) is 0 Å². The Kier molecular flexibility index (Phi) is 3.56. The van der Waals surface area contributed by atoms with Gasteiger partial charge < -0.3 is 15.2 Å². The summed E-state index contributed by atoms with van der Waals surface area (Å²) in [6.07, 6.45) is 1.83. The molecule has 1 aliphatic heterocycles. The van der Waals surface area contributed by atoms with Crippen LogP contribution in [-0.4, -0.2) is 42.6 Å². The zero-order chi connectivity index (χ0) is 8.97. The number of hydrogen-bond acceptors (Lipinski definition) is 3. The Morgan fingerprint density at radius 1 is 1.58 bits per heavy atom. The second-order valence-corrected chi connectivity index (χ2v) is 3.08. The van der Waals surface area contributed by atoms with Crippen LogP contribution in [-0.2, 0) is 4.79 Å². The van der Waals surface area contributed by atoms with E-state index in [4.69, 9.17) is 5.02 Å². The van der Waals surface area contributed by atoms with Gasteiger partial charge in [-0.3, -0.25) is 4.79 Å². The van der Waals surface area contributed by atoms with Crippen LogP contribution in [0.4, 0.5) is 0 Å². The van der Waals surface area contributed by atoms with Crippen LogP contribution in [0.25, 0.3) is 0 Å².